The molecule has 2 rings (SSSR count). The van der Waals surface area contributed by atoms with Gasteiger partial charge in [-0.05, 0) is 42.5 Å². The Bertz CT molecular complexity index is 919. The van der Waals surface area contributed by atoms with Gasteiger partial charge in [-0.2, -0.15) is 13.2 Å². The number of hydrogen-bond acceptors (Lipinski definition) is 3. The second-order valence-corrected chi connectivity index (χ2v) is 6.69. The predicted molar refractivity (Wildman–Crippen MR) is 104 cm³/mol. The summed E-state index contributed by atoms with van der Waals surface area (Å²) < 4.78 is 50.7. The number of anilines is 1. The summed E-state index contributed by atoms with van der Waals surface area (Å²) in [6.07, 6.45) is -4.44. The summed E-state index contributed by atoms with van der Waals surface area (Å²) in [6.45, 7) is -0.0303. The monoisotopic (exact) mass is 424 g/mol. The molecule has 0 aliphatic rings. The molecule has 0 saturated heterocycles. The zero-order valence-electron chi connectivity index (χ0n) is 15.0. The zero-order chi connectivity index (χ0) is 21.3. The van der Waals surface area contributed by atoms with Crippen molar-refractivity contribution in [3.63, 3.8) is 0 Å². The number of carbonyl (C=O) groups is 2. The van der Waals surface area contributed by atoms with Crippen molar-refractivity contribution < 1.29 is 27.2 Å². The van der Waals surface area contributed by atoms with Gasteiger partial charge >= 0.3 is 6.18 Å². The van der Waals surface area contributed by atoms with Gasteiger partial charge in [0.2, 0.25) is 11.8 Å². The van der Waals surface area contributed by atoms with E-state index in [1.807, 2.05) is 0 Å². The van der Waals surface area contributed by atoms with Crippen LogP contribution in [0.15, 0.2) is 48.5 Å². The molecule has 0 bridgehead atoms. The van der Waals surface area contributed by atoms with E-state index in [1.54, 1.807) is 0 Å². The Hall–Kier alpha value is -2.99. The van der Waals surface area contributed by atoms with Gasteiger partial charge in [-0.25, -0.2) is 4.39 Å². The molecule has 0 aliphatic carbocycles. The van der Waals surface area contributed by atoms with Crippen LogP contribution in [0.5, 0.6) is 0 Å². The molecule has 0 aromatic heterocycles. The highest BCUT2D eigenvalue weighted by molar-refractivity contribution is 8.00. The number of alkyl halides is 3. The molecule has 29 heavy (non-hydrogen) atoms. The van der Waals surface area contributed by atoms with Gasteiger partial charge < -0.3 is 10.6 Å². The van der Waals surface area contributed by atoms with Gasteiger partial charge in [0, 0.05) is 11.3 Å². The molecule has 0 saturated carbocycles. The molecular formula is C20H16F4N2O2S. The minimum atomic E-state index is -4.44. The van der Waals surface area contributed by atoms with Crippen molar-refractivity contribution in [2.45, 2.75) is 6.18 Å². The molecule has 2 N–H and O–H groups in total. The largest absolute Gasteiger partial charge is 0.416 e. The number of amides is 2. The number of carbonyl (C=O) groups excluding carboxylic acids is 2. The van der Waals surface area contributed by atoms with E-state index in [1.165, 1.54) is 36.4 Å². The fourth-order valence-electron chi connectivity index (χ4n) is 2.08. The Labute approximate surface area is 169 Å². The summed E-state index contributed by atoms with van der Waals surface area (Å²) in [5, 5.41) is 5.07. The summed E-state index contributed by atoms with van der Waals surface area (Å²) in [4.78, 5) is 23.4. The van der Waals surface area contributed by atoms with Crippen LogP contribution in [-0.2, 0) is 15.8 Å². The van der Waals surface area contributed by atoms with Gasteiger partial charge in [-0.3, -0.25) is 9.59 Å². The topological polar surface area (TPSA) is 58.2 Å². The second kappa shape index (κ2) is 10.5. The Kier molecular flexibility index (Phi) is 8.09. The summed E-state index contributed by atoms with van der Waals surface area (Å²) in [5.41, 5.74) is -0.143. The number of rotatable bonds is 6. The van der Waals surface area contributed by atoms with Crippen molar-refractivity contribution in [1.29, 1.82) is 0 Å². The molecule has 152 valence electrons. The van der Waals surface area contributed by atoms with Crippen LogP contribution >= 0.6 is 11.8 Å². The van der Waals surface area contributed by atoms with Crippen LogP contribution in [-0.4, -0.2) is 29.9 Å². The number of benzene rings is 2. The van der Waals surface area contributed by atoms with Crippen LogP contribution < -0.4 is 10.6 Å². The van der Waals surface area contributed by atoms with E-state index < -0.39 is 17.6 Å². The van der Waals surface area contributed by atoms with Gasteiger partial charge in [0.05, 0.1) is 23.6 Å². The van der Waals surface area contributed by atoms with Crippen molar-refractivity contribution in [2.75, 3.05) is 23.4 Å². The predicted octanol–water partition coefficient (Wildman–Crippen LogP) is 3.68. The molecule has 0 unspecified atom stereocenters. The van der Waals surface area contributed by atoms with Crippen LogP contribution in [0.2, 0.25) is 0 Å². The summed E-state index contributed by atoms with van der Waals surface area (Å²) in [5.74, 6) is 4.07. The molecule has 0 fully saturated rings. The molecule has 0 spiro atoms. The zero-order valence-corrected chi connectivity index (χ0v) is 15.8. The third-order valence-electron chi connectivity index (χ3n) is 3.39. The lowest BCUT2D eigenvalue weighted by atomic mass is 10.1. The van der Waals surface area contributed by atoms with Crippen molar-refractivity contribution in [2.24, 2.45) is 0 Å². The van der Waals surface area contributed by atoms with Gasteiger partial charge in [0.25, 0.3) is 0 Å². The minimum Gasteiger partial charge on any atom is -0.344 e. The van der Waals surface area contributed by atoms with Crippen LogP contribution in [0.4, 0.5) is 23.2 Å². The third-order valence-corrected chi connectivity index (χ3v) is 4.32. The van der Waals surface area contributed by atoms with Gasteiger partial charge in [-0.15, -0.1) is 11.8 Å². The molecule has 2 aromatic carbocycles. The van der Waals surface area contributed by atoms with Crippen molar-refractivity contribution in [1.82, 2.24) is 5.32 Å². The fourth-order valence-corrected chi connectivity index (χ4v) is 2.73. The van der Waals surface area contributed by atoms with E-state index in [9.17, 15) is 27.2 Å². The Balaban J connectivity index is 1.68. The number of hydrogen-bond donors (Lipinski definition) is 2. The maximum absolute atomic E-state index is 12.8. The molecule has 2 aromatic rings. The highest BCUT2D eigenvalue weighted by Gasteiger charge is 2.30. The minimum absolute atomic E-state index is 0.0159. The average molecular weight is 424 g/mol. The van der Waals surface area contributed by atoms with Gasteiger partial charge in [0.15, 0.2) is 0 Å². The third kappa shape index (κ3) is 8.27. The first kappa shape index (κ1) is 22.3. The van der Waals surface area contributed by atoms with E-state index in [0.717, 1.165) is 23.9 Å². The van der Waals surface area contributed by atoms with Crippen LogP contribution in [0.25, 0.3) is 0 Å². The first-order chi connectivity index (χ1) is 13.7. The average Bonchev–Trinajstić information content (AvgIpc) is 2.67. The fraction of sp³-hybridized carbons (Fsp3) is 0.200. The first-order valence-electron chi connectivity index (χ1n) is 8.30. The SMILES string of the molecule is O=C(CSCC(=O)Nc1ccc(F)cc1)NCC#Cc1cccc(C(F)(F)F)c1. The van der Waals surface area contributed by atoms with E-state index >= 15 is 0 Å². The molecule has 0 radical (unpaired) electrons. The van der Waals surface area contributed by atoms with Crippen molar-refractivity contribution in [3.05, 3.63) is 65.5 Å². The van der Waals surface area contributed by atoms with E-state index in [-0.39, 0.29) is 35.4 Å². The normalized spacial score (nSPS) is 10.6. The van der Waals surface area contributed by atoms with E-state index in [0.29, 0.717) is 5.69 Å². The van der Waals surface area contributed by atoms with Crippen molar-refractivity contribution >= 4 is 29.3 Å². The Morgan fingerprint density at radius 3 is 2.38 bits per heavy atom. The Morgan fingerprint density at radius 2 is 1.69 bits per heavy atom. The lowest BCUT2D eigenvalue weighted by Gasteiger charge is -2.06. The van der Waals surface area contributed by atoms with Crippen LogP contribution in [0.1, 0.15) is 11.1 Å². The maximum atomic E-state index is 12.8. The lowest BCUT2D eigenvalue weighted by Crippen LogP contribution is -2.26. The maximum Gasteiger partial charge on any atom is 0.416 e. The molecule has 0 heterocycles. The summed E-state index contributed by atoms with van der Waals surface area (Å²) in [7, 11) is 0. The van der Waals surface area contributed by atoms with Crippen molar-refractivity contribution in [3.8, 4) is 11.8 Å². The quantitative estimate of drug-likeness (QED) is 0.550. The Morgan fingerprint density at radius 1 is 1.00 bits per heavy atom. The second-order valence-electron chi connectivity index (χ2n) is 5.70. The first-order valence-corrected chi connectivity index (χ1v) is 9.45. The molecule has 4 nitrogen and oxygen atoms in total. The number of halogens is 4. The molecule has 0 atom stereocenters. The molecule has 2 amide bonds. The van der Waals surface area contributed by atoms with Crippen LogP contribution in [0.3, 0.4) is 0 Å². The smallest absolute Gasteiger partial charge is 0.344 e. The van der Waals surface area contributed by atoms with E-state index in [2.05, 4.69) is 22.5 Å². The van der Waals surface area contributed by atoms with E-state index in [4.69, 9.17) is 0 Å². The lowest BCUT2D eigenvalue weighted by molar-refractivity contribution is -0.137. The highest BCUT2D eigenvalue weighted by atomic mass is 32.2. The number of nitrogens with one attached hydrogen (secondary N) is 2. The van der Waals surface area contributed by atoms with Crippen LogP contribution in [0, 0.1) is 17.7 Å². The standard InChI is InChI=1S/C20H16F4N2O2S/c21-16-6-8-17(9-7-16)26-19(28)13-29-12-18(27)25-10-2-4-14-3-1-5-15(11-14)20(22,23)24/h1,3,5-9,11H,10,12-13H2,(H,25,27)(H,26,28). The summed E-state index contributed by atoms with van der Waals surface area (Å²) >= 11 is 1.08. The summed E-state index contributed by atoms with van der Waals surface area (Å²) in [6, 6.07) is 9.88. The van der Waals surface area contributed by atoms with Gasteiger partial charge in [-0.1, -0.05) is 17.9 Å². The molecule has 9 heteroatoms. The number of thioether (sulfide) groups is 1. The molecular weight excluding hydrogens is 408 g/mol. The molecule has 0 aliphatic heterocycles. The van der Waals surface area contributed by atoms with Gasteiger partial charge in [0.1, 0.15) is 5.82 Å². The highest BCUT2D eigenvalue weighted by Crippen LogP contribution is 2.29.